The molecule has 2 heterocycles. The molecule has 1 fully saturated rings. The van der Waals surface area contributed by atoms with E-state index in [4.69, 9.17) is 5.84 Å². The van der Waals surface area contributed by atoms with E-state index in [1.54, 1.807) is 0 Å². The van der Waals surface area contributed by atoms with Crippen molar-refractivity contribution in [2.75, 3.05) is 19.6 Å². The Hall–Kier alpha value is -1.44. The number of hydrazine groups is 1. The topological polar surface area (TPSA) is 87.5 Å². The van der Waals surface area contributed by atoms with E-state index in [1.807, 2.05) is 13.0 Å². The fourth-order valence-electron chi connectivity index (χ4n) is 1.93. The minimum absolute atomic E-state index is 0.0501. The SMILES string of the molecule is Cc1sc(C(=O)NN)cc1CN1CCNC(=O)C1. The van der Waals surface area contributed by atoms with Crippen LogP contribution in [0.5, 0.6) is 0 Å². The number of carbonyl (C=O) groups is 2. The number of nitrogens with two attached hydrogens (primary N) is 1. The Labute approximate surface area is 109 Å². The van der Waals surface area contributed by atoms with Gasteiger partial charge in [0.25, 0.3) is 5.91 Å². The standard InChI is InChI=1S/C11H16N4O2S/c1-7-8(4-9(18-7)11(17)14-12)5-15-3-2-13-10(16)6-15/h4H,2-3,5-6,12H2,1H3,(H,13,16)(H,14,17). The first-order valence-corrected chi connectivity index (χ1v) is 6.51. The Morgan fingerprint density at radius 2 is 2.44 bits per heavy atom. The van der Waals surface area contributed by atoms with Crippen LogP contribution in [0, 0.1) is 6.92 Å². The molecule has 1 aliphatic heterocycles. The van der Waals surface area contributed by atoms with Crippen molar-refractivity contribution >= 4 is 23.2 Å². The summed E-state index contributed by atoms with van der Waals surface area (Å²) in [5.41, 5.74) is 3.20. The van der Waals surface area contributed by atoms with E-state index in [2.05, 4.69) is 15.6 Å². The molecule has 0 bridgehead atoms. The van der Waals surface area contributed by atoms with Gasteiger partial charge in [0.2, 0.25) is 5.91 Å². The van der Waals surface area contributed by atoms with Crippen LogP contribution in [0.4, 0.5) is 0 Å². The van der Waals surface area contributed by atoms with E-state index in [-0.39, 0.29) is 11.8 Å². The highest BCUT2D eigenvalue weighted by Gasteiger charge is 2.18. The van der Waals surface area contributed by atoms with Gasteiger partial charge in [-0.3, -0.25) is 19.9 Å². The summed E-state index contributed by atoms with van der Waals surface area (Å²) in [6.07, 6.45) is 0. The Kier molecular flexibility index (Phi) is 3.95. The van der Waals surface area contributed by atoms with Crippen LogP contribution in [0.25, 0.3) is 0 Å². The summed E-state index contributed by atoms with van der Waals surface area (Å²) in [5.74, 6) is 4.89. The van der Waals surface area contributed by atoms with Gasteiger partial charge in [-0.05, 0) is 18.6 Å². The van der Waals surface area contributed by atoms with Crippen LogP contribution >= 0.6 is 11.3 Å². The summed E-state index contributed by atoms with van der Waals surface area (Å²) in [6.45, 7) is 4.58. The van der Waals surface area contributed by atoms with Crippen LogP contribution in [-0.2, 0) is 11.3 Å². The quantitative estimate of drug-likeness (QED) is 0.395. The average Bonchev–Trinajstić information content (AvgIpc) is 2.70. The van der Waals surface area contributed by atoms with Gasteiger partial charge in [-0.25, -0.2) is 5.84 Å². The molecule has 1 saturated heterocycles. The van der Waals surface area contributed by atoms with Crippen LogP contribution in [0.3, 0.4) is 0 Å². The molecule has 0 saturated carbocycles. The number of piperazine rings is 1. The van der Waals surface area contributed by atoms with Crippen LogP contribution in [0.2, 0.25) is 0 Å². The third-order valence-electron chi connectivity index (χ3n) is 2.89. The molecular weight excluding hydrogens is 252 g/mol. The van der Waals surface area contributed by atoms with Crippen molar-refractivity contribution in [1.29, 1.82) is 0 Å². The van der Waals surface area contributed by atoms with E-state index >= 15 is 0 Å². The number of thiophene rings is 1. The highest BCUT2D eigenvalue weighted by atomic mass is 32.1. The number of amides is 2. The monoisotopic (exact) mass is 268 g/mol. The minimum Gasteiger partial charge on any atom is -0.354 e. The van der Waals surface area contributed by atoms with Gasteiger partial charge in [-0.15, -0.1) is 11.3 Å². The molecule has 0 atom stereocenters. The summed E-state index contributed by atoms with van der Waals surface area (Å²) in [5, 5.41) is 2.79. The minimum atomic E-state index is -0.272. The molecule has 4 N–H and O–H groups in total. The van der Waals surface area contributed by atoms with Crippen LogP contribution in [-0.4, -0.2) is 36.3 Å². The van der Waals surface area contributed by atoms with Gasteiger partial charge < -0.3 is 5.32 Å². The number of hydrogen-bond donors (Lipinski definition) is 3. The van der Waals surface area contributed by atoms with Gasteiger partial charge >= 0.3 is 0 Å². The predicted molar refractivity (Wildman–Crippen MR) is 69.0 cm³/mol. The fourth-order valence-corrected chi connectivity index (χ4v) is 2.86. The molecule has 0 unspecified atom stereocenters. The molecule has 6 nitrogen and oxygen atoms in total. The molecule has 0 aliphatic carbocycles. The molecule has 1 aliphatic rings. The first kappa shape index (κ1) is 13.0. The molecule has 0 radical (unpaired) electrons. The molecule has 1 aromatic heterocycles. The highest BCUT2D eigenvalue weighted by molar-refractivity contribution is 7.14. The van der Waals surface area contributed by atoms with Gasteiger partial charge in [0.1, 0.15) is 0 Å². The fraction of sp³-hybridized carbons (Fsp3) is 0.455. The number of carbonyl (C=O) groups excluding carboxylic acids is 2. The molecule has 0 spiro atoms. The van der Waals surface area contributed by atoms with Gasteiger partial charge in [0.15, 0.2) is 0 Å². The molecule has 1 aromatic rings. The zero-order valence-corrected chi connectivity index (χ0v) is 11.0. The third kappa shape index (κ3) is 2.87. The highest BCUT2D eigenvalue weighted by Crippen LogP contribution is 2.23. The van der Waals surface area contributed by atoms with Crippen molar-refractivity contribution in [2.45, 2.75) is 13.5 Å². The Bertz CT molecular complexity index is 472. The van der Waals surface area contributed by atoms with Gasteiger partial charge in [-0.2, -0.15) is 0 Å². The maximum atomic E-state index is 11.4. The van der Waals surface area contributed by atoms with Crippen LogP contribution in [0.15, 0.2) is 6.07 Å². The zero-order chi connectivity index (χ0) is 13.1. The van der Waals surface area contributed by atoms with Crippen molar-refractivity contribution in [3.05, 3.63) is 21.4 Å². The Balaban J connectivity index is 2.07. The second-order valence-electron chi connectivity index (χ2n) is 4.23. The summed E-state index contributed by atoms with van der Waals surface area (Å²) in [4.78, 5) is 26.5. The first-order chi connectivity index (χ1) is 8.60. The van der Waals surface area contributed by atoms with Crippen LogP contribution < -0.4 is 16.6 Å². The van der Waals surface area contributed by atoms with Crippen molar-refractivity contribution < 1.29 is 9.59 Å². The summed E-state index contributed by atoms with van der Waals surface area (Å²) in [7, 11) is 0. The molecular formula is C11H16N4O2S. The van der Waals surface area contributed by atoms with E-state index in [1.165, 1.54) is 11.3 Å². The van der Waals surface area contributed by atoms with E-state index in [0.29, 0.717) is 24.5 Å². The van der Waals surface area contributed by atoms with Gasteiger partial charge in [-0.1, -0.05) is 0 Å². The summed E-state index contributed by atoms with van der Waals surface area (Å²) < 4.78 is 0. The largest absolute Gasteiger partial charge is 0.354 e. The van der Waals surface area contributed by atoms with E-state index < -0.39 is 0 Å². The number of nitrogens with one attached hydrogen (secondary N) is 2. The van der Waals surface area contributed by atoms with E-state index in [0.717, 1.165) is 17.0 Å². The average molecular weight is 268 g/mol. The summed E-state index contributed by atoms with van der Waals surface area (Å²) in [6, 6.07) is 1.84. The first-order valence-electron chi connectivity index (χ1n) is 5.69. The Morgan fingerprint density at radius 3 is 3.11 bits per heavy atom. The maximum absolute atomic E-state index is 11.4. The number of nitrogens with zero attached hydrogens (tertiary/aromatic N) is 1. The molecule has 0 aromatic carbocycles. The maximum Gasteiger partial charge on any atom is 0.275 e. The predicted octanol–water partition coefficient (Wildman–Crippen LogP) is -0.408. The lowest BCUT2D eigenvalue weighted by Crippen LogP contribution is -2.47. The van der Waals surface area contributed by atoms with Crippen molar-refractivity contribution in [2.24, 2.45) is 5.84 Å². The van der Waals surface area contributed by atoms with Gasteiger partial charge in [0.05, 0.1) is 11.4 Å². The lowest BCUT2D eigenvalue weighted by atomic mass is 10.2. The van der Waals surface area contributed by atoms with Crippen molar-refractivity contribution in [3.8, 4) is 0 Å². The summed E-state index contributed by atoms with van der Waals surface area (Å²) >= 11 is 1.42. The van der Waals surface area contributed by atoms with Crippen molar-refractivity contribution in [3.63, 3.8) is 0 Å². The van der Waals surface area contributed by atoms with Crippen molar-refractivity contribution in [1.82, 2.24) is 15.6 Å². The van der Waals surface area contributed by atoms with Gasteiger partial charge in [0, 0.05) is 24.5 Å². The molecule has 2 rings (SSSR count). The molecule has 98 valence electrons. The lowest BCUT2D eigenvalue weighted by Gasteiger charge is -2.26. The molecule has 7 heteroatoms. The number of rotatable bonds is 3. The molecule has 18 heavy (non-hydrogen) atoms. The lowest BCUT2D eigenvalue weighted by molar-refractivity contribution is -0.124. The van der Waals surface area contributed by atoms with E-state index in [9.17, 15) is 9.59 Å². The zero-order valence-electron chi connectivity index (χ0n) is 10.2. The number of nitrogen functional groups attached to an aromatic ring is 1. The number of aryl methyl sites for hydroxylation is 1. The smallest absolute Gasteiger partial charge is 0.275 e. The Morgan fingerprint density at radius 1 is 1.67 bits per heavy atom. The second-order valence-corrected chi connectivity index (χ2v) is 5.48. The third-order valence-corrected chi connectivity index (χ3v) is 3.98. The second kappa shape index (κ2) is 5.47. The normalized spacial score (nSPS) is 16.4. The number of hydrogen-bond acceptors (Lipinski definition) is 5. The van der Waals surface area contributed by atoms with Crippen LogP contribution in [0.1, 0.15) is 20.1 Å². The molecule has 2 amide bonds.